The average Bonchev–Trinajstić information content (AvgIpc) is 2.45. The van der Waals surface area contributed by atoms with Crippen LogP contribution in [-0.2, 0) is 4.74 Å². The number of rotatable bonds is 6. The second-order valence-electron chi connectivity index (χ2n) is 4.94. The van der Waals surface area contributed by atoms with Crippen molar-refractivity contribution in [1.29, 1.82) is 0 Å². The smallest absolute Gasteiger partial charge is 0.142 e. The van der Waals surface area contributed by atoms with Crippen molar-refractivity contribution in [3.8, 4) is 0 Å². The lowest BCUT2D eigenvalue weighted by atomic mass is 9.97. The number of piperidine rings is 1. The molecular formula is C14H22BrN3O. The summed E-state index contributed by atoms with van der Waals surface area (Å²) in [6.45, 7) is 5.02. The number of hydrogen-bond acceptors (Lipinski definition) is 4. The predicted molar refractivity (Wildman–Crippen MR) is 81.6 cm³/mol. The number of nitrogens with one attached hydrogen (secondary N) is 1. The monoisotopic (exact) mass is 327 g/mol. The lowest BCUT2D eigenvalue weighted by molar-refractivity contribution is 0.196. The molecule has 1 aromatic rings. The van der Waals surface area contributed by atoms with Gasteiger partial charge >= 0.3 is 0 Å². The van der Waals surface area contributed by atoms with Crippen LogP contribution in [0.2, 0.25) is 0 Å². The first kappa shape index (κ1) is 14.8. The maximum Gasteiger partial charge on any atom is 0.142 e. The summed E-state index contributed by atoms with van der Waals surface area (Å²) in [6, 6.07) is 4.01. The molecule has 1 saturated heterocycles. The molecule has 0 saturated carbocycles. The summed E-state index contributed by atoms with van der Waals surface area (Å²) >= 11 is 3.58. The third-order valence-corrected chi connectivity index (χ3v) is 4.19. The van der Waals surface area contributed by atoms with Gasteiger partial charge in [0.2, 0.25) is 0 Å². The second-order valence-corrected chi connectivity index (χ2v) is 5.79. The number of halogens is 1. The summed E-state index contributed by atoms with van der Waals surface area (Å²) in [4.78, 5) is 6.83. The van der Waals surface area contributed by atoms with Crippen LogP contribution in [0.4, 0.5) is 5.82 Å². The highest BCUT2D eigenvalue weighted by atomic mass is 79.9. The molecular weight excluding hydrogens is 306 g/mol. The third-order valence-electron chi connectivity index (χ3n) is 3.57. The highest BCUT2D eigenvalue weighted by Gasteiger charge is 2.20. The zero-order chi connectivity index (χ0) is 13.5. The van der Waals surface area contributed by atoms with Crippen LogP contribution in [0, 0.1) is 5.92 Å². The zero-order valence-corrected chi connectivity index (χ0v) is 13.0. The van der Waals surface area contributed by atoms with E-state index in [1.54, 1.807) is 7.11 Å². The van der Waals surface area contributed by atoms with E-state index in [1.165, 1.54) is 12.8 Å². The molecule has 0 bridgehead atoms. The summed E-state index contributed by atoms with van der Waals surface area (Å²) in [6.07, 6.45) is 4.31. The maximum atomic E-state index is 5.04. The van der Waals surface area contributed by atoms with Crippen molar-refractivity contribution in [1.82, 2.24) is 10.3 Å². The van der Waals surface area contributed by atoms with Crippen molar-refractivity contribution in [2.75, 3.05) is 44.8 Å². The van der Waals surface area contributed by atoms with Gasteiger partial charge in [0, 0.05) is 32.9 Å². The van der Waals surface area contributed by atoms with Gasteiger partial charge in [-0.15, -0.1) is 0 Å². The normalized spacial score (nSPS) is 16.8. The molecule has 0 aliphatic carbocycles. The molecule has 2 heterocycles. The Kier molecular flexibility index (Phi) is 6.07. The summed E-state index contributed by atoms with van der Waals surface area (Å²) in [7, 11) is 1.74. The molecule has 4 nitrogen and oxygen atoms in total. The molecule has 5 heteroatoms. The average molecular weight is 328 g/mol. The Hall–Kier alpha value is -0.650. The summed E-state index contributed by atoms with van der Waals surface area (Å²) < 4.78 is 6.12. The van der Waals surface area contributed by atoms with Crippen molar-refractivity contribution < 1.29 is 4.74 Å². The van der Waals surface area contributed by atoms with Gasteiger partial charge in [-0.2, -0.15) is 0 Å². The minimum atomic E-state index is 0.774. The number of methoxy groups -OCH3 is 1. The Morgan fingerprint density at radius 2 is 2.26 bits per heavy atom. The van der Waals surface area contributed by atoms with E-state index in [0.29, 0.717) is 0 Å². The van der Waals surface area contributed by atoms with Gasteiger partial charge < -0.3 is 15.0 Å². The number of anilines is 1. The molecule has 1 N–H and O–H groups in total. The Morgan fingerprint density at radius 1 is 1.47 bits per heavy atom. The van der Waals surface area contributed by atoms with E-state index in [9.17, 15) is 0 Å². The molecule has 1 aliphatic rings. The van der Waals surface area contributed by atoms with Crippen LogP contribution in [0.5, 0.6) is 0 Å². The highest BCUT2D eigenvalue weighted by Crippen LogP contribution is 2.27. The molecule has 0 atom stereocenters. The Balaban J connectivity index is 1.75. The zero-order valence-electron chi connectivity index (χ0n) is 11.4. The van der Waals surface area contributed by atoms with Crippen LogP contribution in [0.25, 0.3) is 0 Å². The molecule has 1 aliphatic heterocycles. The minimum Gasteiger partial charge on any atom is -0.383 e. The van der Waals surface area contributed by atoms with Crippen LogP contribution in [0.15, 0.2) is 22.8 Å². The largest absolute Gasteiger partial charge is 0.383 e. The fraction of sp³-hybridized carbons (Fsp3) is 0.643. The number of aromatic nitrogens is 1. The van der Waals surface area contributed by atoms with Crippen LogP contribution in [0.3, 0.4) is 0 Å². The van der Waals surface area contributed by atoms with Gasteiger partial charge in [0.05, 0.1) is 11.1 Å². The highest BCUT2D eigenvalue weighted by molar-refractivity contribution is 9.10. The molecule has 0 amide bonds. The number of nitrogens with zero attached hydrogens (tertiary/aromatic N) is 2. The molecule has 0 unspecified atom stereocenters. The van der Waals surface area contributed by atoms with Gasteiger partial charge in [0.15, 0.2) is 0 Å². The van der Waals surface area contributed by atoms with E-state index in [4.69, 9.17) is 4.74 Å². The summed E-state index contributed by atoms with van der Waals surface area (Å²) in [5.41, 5.74) is 0. The molecule has 106 valence electrons. The standard InChI is InChI=1S/C14H22BrN3O/c1-19-10-7-16-11-12-4-8-18(9-5-12)14-13(15)3-2-6-17-14/h2-3,6,12,16H,4-5,7-11H2,1H3. The minimum absolute atomic E-state index is 0.774. The molecule has 1 aromatic heterocycles. The van der Waals surface area contributed by atoms with E-state index in [0.717, 1.165) is 49.0 Å². The number of hydrogen-bond donors (Lipinski definition) is 1. The van der Waals surface area contributed by atoms with Crippen LogP contribution < -0.4 is 10.2 Å². The Morgan fingerprint density at radius 3 is 2.95 bits per heavy atom. The molecule has 0 aromatic carbocycles. The lowest BCUT2D eigenvalue weighted by Gasteiger charge is -2.33. The van der Waals surface area contributed by atoms with Crippen molar-refractivity contribution in [2.45, 2.75) is 12.8 Å². The molecule has 2 rings (SSSR count). The second kappa shape index (κ2) is 7.82. The van der Waals surface area contributed by atoms with Gasteiger partial charge in [0.25, 0.3) is 0 Å². The quantitative estimate of drug-likeness (QED) is 0.813. The summed E-state index contributed by atoms with van der Waals surface area (Å²) in [5, 5.41) is 3.45. The van der Waals surface area contributed by atoms with E-state index in [1.807, 2.05) is 12.3 Å². The van der Waals surface area contributed by atoms with E-state index in [2.05, 4.69) is 37.2 Å². The molecule has 19 heavy (non-hydrogen) atoms. The van der Waals surface area contributed by atoms with Crippen LogP contribution in [0.1, 0.15) is 12.8 Å². The lowest BCUT2D eigenvalue weighted by Crippen LogP contribution is -2.38. The van der Waals surface area contributed by atoms with Gasteiger partial charge in [0.1, 0.15) is 5.82 Å². The van der Waals surface area contributed by atoms with Gasteiger partial charge in [-0.3, -0.25) is 0 Å². The predicted octanol–water partition coefficient (Wildman–Crippen LogP) is 2.30. The van der Waals surface area contributed by atoms with Gasteiger partial charge in [-0.05, 0) is 53.4 Å². The third kappa shape index (κ3) is 4.44. The summed E-state index contributed by atoms with van der Waals surface area (Å²) in [5.74, 6) is 1.85. The van der Waals surface area contributed by atoms with Crippen molar-refractivity contribution in [2.24, 2.45) is 5.92 Å². The fourth-order valence-electron chi connectivity index (χ4n) is 2.44. The number of ether oxygens (including phenoxy) is 1. The molecule has 1 fully saturated rings. The van der Waals surface area contributed by atoms with Crippen molar-refractivity contribution in [3.63, 3.8) is 0 Å². The Bertz CT molecular complexity index is 381. The fourth-order valence-corrected chi connectivity index (χ4v) is 2.95. The van der Waals surface area contributed by atoms with Crippen LogP contribution in [-0.4, -0.2) is 44.9 Å². The topological polar surface area (TPSA) is 37.4 Å². The first-order valence-corrected chi connectivity index (χ1v) is 7.65. The first-order valence-electron chi connectivity index (χ1n) is 6.86. The molecule has 0 radical (unpaired) electrons. The van der Waals surface area contributed by atoms with Crippen molar-refractivity contribution >= 4 is 21.7 Å². The van der Waals surface area contributed by atoms with Gasteiger partial charge in [-0.1, -0.05) is 0 Å². The molecule has 0 spiro atoms. The first-order chi connectivity index (χ1) is 9.31. The SMILES string of the molecule is COCCNCC1CCN(c2ncccc2Br)CC1. The maximum absolute atomic E-state index is 5.04. The van der Waals surface area contributed by atoms with E-state index >= 15 is 0 Å². The van der Waals surface area contributed by atoms with Crippen molar-refractivity contribution in [3.05, 3.63) is 22.8 Å². The Labute approximate surface area is 123 Å². The van der Waals surface area contributed by atoms with Crippen LogP contribution >= 0.6 is 15.9 Å². The number of pyridine rings is 1. The van der Waals surface area contributed by atoms with Gasteiger partial charge in [-0.25, -0.2) is 4.98 Å². The van der Waals surface area contributed by atoms with E-state index < -0.39 is 0 Å². The van der Waals surface area contributed by atoms with E-state index in [-0.39, 0.29) is 0 Å².